The van der Waals surface area contributed by atoms with Crippen LogP contribution in [0.25, 0.3) is 6.08 Å². The van der Waals surface area contributed by atoms with E-state index in [1.165, 1.54) is 18.2 Å². The number of nitrogens with one attached hydrogen (secondary N) is 1. The molecule has 0 radical (unpaired) electrons. The van der Waals surface area contributed by atoms with Gasteiger partial charge in [0.25, 0.3) is 0 Å². The molecule has 3 aliphatic heterocycles. The van der Waals surface area contributed by atoms with Gasteiger partial charge in [0.2, 0.25) is 12.2 Å². The van der Waals surface area contributed by atoms with Crippen LogP contribution in [0.3, 0.4) is 0 Å². The fourth-order valence-corrected chi connectivity index (χ4v) is 5.95. The van der Waals surface area contributed by atoms with Gasteiger partial charge in [0.05, 0.1) is 25.5 Å². The van der Waals surface area contributed by atoms with Crippen molar-refractivity contribution in [2.24, 2.45) is 0 Å². The average molecular weight is 774 g/mol. The summed E-state index contributed by atoms with van der Waals surface area (Å²) in [6, 6.07) is 7.72. The normalized spacial score (nSPS) is 37.3. The zero-order valence-corrected chi connectivity index (χ0v) is 28.1. The smallest absolute Gasteiger partial charge is 0.248 e. The first kappa shape index (κ1) is 41.4. The van der Waals surface area contributed by atoms with E-state index in [4.69, 9.17) is 28.4 Å². The average Bonchev–Trinajstić information content (AvgIpc) is 3.15. The third-order valence-corrected chi connectivity index (χ3v) is 8.97. The molecule has 14 N–H and O–H groups in total. The highest BCUT2D eigenvalue weighted by atomic mass is 16.8. The van der Waals surface area contributed by atoms with E-state index in [1.54, 1.807) is 12.1 Å². The number of aliphatic hydroxyl groups is 10. The summed E-state index contributed by atoms with van der Waals surface area (Å²) >= 11 is 0. The van der Waals surface area contributed by atoms with Gasteiger partial charge >= 0.3 is 0 Å². The second-order valence-corrected chi connectivity index (χ2v) is 12.7. The molecule has 300 valence electrons. The second-order valence-electron chi connectivity index (χ2n) is 12.7. The molecule has 2 aromatic rings. The Balaban J connectivity index is 1.24. The highest BCUT2D eigenvalue weighted by Crippen LogP contribution is 2.39. The van der Waals surface area contributed by atoms with E-state index in [1.807, 2.05) is 0 Å². The number of hydrogen-bond donors (Lipinski definition) is 14. The Kier molecular flexibility index (Phi) is 13.7. The predicted octanol–water partition coefficient (Wildman–Crippen LogP) is -4.72. The van der Waals surface area contributed by atoms with Crippen LogP contribution in [0.4, 0.5) is 5.69 Å². The molecular weight excluding hydrogens is 730 g/mol. The largest absolute Gasteiger partial charge is 0.508 e. The van der Waals surface area contributed by atoms with Crippen LogP contribution >= 0.6 is 0 Å². The SMILES string of the molecule is O=C(/C=C/c1ccc(O)cc1)Nc1cc(OC2OC(CO)C(OC3OC(CO)C(OC4OC(CO)C(O)C(O)C4O)C(O)C3O)C(O)C2O)c(O)cc1O. The van der Waals surface area contributed by atoms with Crippen LogP contribution in [0, 0.1) is 0 Å². The zero-order chi connectivity index (χ0) is 39.4. The van der Waals surface area contributed by atoms with Crippen molar-refractivity contribution in [3.8, 4) is 23.0 Å². The van der Waals surface area contributed by atoms with Gasteiger partial charge in [0.15, 0.2) is 24.1 Å². The highest BCUT2D eigenvalue weighted by molar-refractivity contribution is 6.03. The van der Waals surface area contributed by atoms with Crippen LogP contribution in [-0.4, -0.2) is 184 Å². The monoisotopic (exact) mass is 773 g/mol. The van der Waals surface area contributed by atoms with Crippen molar-refractivity contribution in [1.82, 2.24) is 0 Å². The molecule has 3 saturated heterocycles. The van der Waals surface area contributed by atoms with Gasteiger partial charge < -0.3 is 100 Å². The Morgan fingerprint density at radius 1 is 0.630 bits per heavy atom. The van der Waals surface area contributed by atoms with E-state index < -0.39 is 135 Å². The topological polar surface area (TPSA) is 347 Å². The Hall–Kier alpha value is -3.75. The van der Waals surface area contributed by atoms with E-state index >= 15 is 0 Å². The first-order valence-electron chi connectivity index (χ1n) is 16.5. The molecule has 0 aliphatic carbocycles. The third-order valence-electron chi connectivity index (χ3n) is 8.97. The molecule has 3 heterocycles. The summed E-state index contributed by atoms with van der Waals surface area (Å²) in [5.41, 5.74) is 0.326. The summed E-state index contributed by atoms with van der Waals surface area (Å²) in [5.74, 6) is -2.40. The summed E-state index contributed by atoms with van der Waals surface area (Å²) in [5, 5.41) is 136. The van der Waals surface area contributed by atoms with Gasteiger partial charge in [-0.05, 0) is 23.8 Å². The van der Waals surface area contributed by atoms with Crippen LogP contribution in [0.5, 0.6) is 23.0 Å². The van der Waals surface area contributed by atoms with Gasteiger partial charge in [-0.2, -0.15) is 0 Å². The molecule has 3 fully saturated rings. The first-order chi connectivity index (χ1) is 25.7. The van der Waals surface area contributed by atoms with Crippen molar-refractivity contribution in [3.05, 3.63) is 48.0 Å². The van der Waals surface area contributed by atoms with Crippen molar-refractivity contribution in [2.45, 2.75) is 92.1 Å². The van der Waals surface area contributed by atoms with Gasteiger partial charge in [-0.1, -0.05) is 12.1 Å². The van der Waals surface area contributed by atoms with Crippen LogP contribution in [-0.2, 0) is 28.5 Å². The van der Waals surface area contributed by atoms with E-state index in [-0.39, 0.29) is 11.4 Å². The van der Waals surface area contributed by atoms with Gasteiger partial charge in [-0.25, -0.2) is 0 Å². The van der Waals surface area contributed by atoms with Crippen molar-refractivity contribution in [2.75, 3.05) is 25.1 Å². The number of benzene rings is 2. The maximum atomic E-state index is 12.5. The lowest BCUT2D eigenvalue weighted by atomic mass is 9.96. The van der Waals surface area contributed by atoms with Crippen LogP contribution in [0.1, 0.15) is 5.56 Å². The molecule has 21 heteroatoms. The molecule has 0 bridgehead atoms. The quantitative estimate of drug-likeness (QED) is 0.0547. The number of aromatic hydroxyl groups is 3. The molecule has 1 amide bonds. The number of carbonyl (C=O) groups excluding carboxylic acids is 1. The molecule has 5 rings (SSSR count). The minimum absolute atomic E-state index is 0.0260. The fraction of sp³-hybridized carbons (Fsp3) is 0.545. The third kappa shape index (κ3) is 9.03. The highest BCUT2D eigenvalue weighted by Gasteiger charge is 2.53. The number of ether oxygens (including phenoxy) is 6. The van der Waals surface area contributed by atoms with Gasteiger partial charge in [-0.3, -0.25) is 4.79 Å². The molecule has 2 aromatic carbocycles. The number of phenolic OH excluding ortho intramolecular Hbond substituents is 3. The number of rotatable bonds is 12. The lowest BCUT2D eigenvalue weighted by Crippen LogP contribution is -2.66. The van der Waals surface area contributed by atoms with Crippen LogP contribution < -0.4 is 10.1 Å². The molecule has 21 nitrogen and oxygen atoms in total. The zero-order valence-electron chi connectivity index (χ0n) is 28.1. The summed E-state index contributed by atoms with van der Waals surface area (Å²) < 4.78 is 33.1. The number of aliphatic hydroxyl groups excluding tert-OH is 10. The standard InChI is InChI=1S/C33H43NO20/c35-9-18-22(42)23(43)26(46)32(50-18)53-30-20(11-37)52-33(28(48)25(30)45)54-29-19(10-36)51-31(27(47)24(29)44)49-17-7-14(15(39)8-16(17)40)34-21(41)6-3-12-1-4-13(38)5-2-12/h1-8,18-20,22-33,35-40,42-48H,9-11H2,(H,34,41)/b6-3+. The van der Waals surface area contributed by atoms with E-state index in [9.17, 15) is 71.2 Å². The molecule has 15 atom stereocenters. The van der Waals surface area contributed by atoms with Crippen molar-refractivity contribution in [1.29, 1.82) is 0 Å². The Morgan fingerprint density at radius 3 is 1.69 bits per heavy atom. The molecule has 54 heavy (non-hydrogen) atoms. The number of amides is 1. The minimum atomic E-state index is -2.03. The molecule has 0 saturated carbocycles. The lowest BCUT2D eigenvalue weighted by Gasteiger charge is -2.48. The maximum absolute atomic E-state index is 12.5. The number of hydrogen-bond acceptors (Lipinski definition) is 20. The molecule has 0 spiro atoms. The Labute approximate surface area is 305 Å². The van der Waals surface area contributed by atoms with Crippen molar-refractivity contribution in [3.63, 3.8) is 0 Å². The fourth-order valence-electron chi connectivity index (χ4n) is 5.95. The molecule has 0 aromatic heterocycles. The Bertz CT molecular complexity index is 1570. The van der Waals surface area contributed by atoms with Crippen molar-refractivity contribution < 1.29 is 99.6 Å². The minimum Gasteiger partial charge on any atom is -0.508 e. The van der Waals surface area contributed by atoms with E-state index in [0.29, 0.717) is 5.56 Å². The second kappa shape index (κ2) is 17.8. The molecule has 15 unspecified atom stereocenters. The Morgan fingerprint density at radius 2 is 1.13 bits per heavy atom. The first-order valence-corrected chi connectivity index (χ1v) is 16.5. The predicted molar refractivity (Wildman–Crippen MR) is 175 cm³/mol. The summed E-state index contributed by atoms with van der Waals surface area (Å²) in [6.07, 6.45) is -24.2. The van der Waals surface area contributed by atoms with E-state index in [2.05, 4.69) is 5.32 Å². The number of carbonyl (C=O) groups is 1. The van der Waals surface area contributed by atoms with Gasteiger partial charge in [0.1, 0.15) is 84.7 Å². The molecule has 3 aliphatic rings. The molecular formula is C33H43NO20. The van der Waals surface area contributed by atoms with Gasteiger partial charge in [0, 0.05) is 18.2 Å². The number of phenols is 3. The van der Waals surface area contributed by atoms with Gasteiger partial charge in [-0.15, -0.1) is 0 Å². The lowest BCUT2D eigenvalue weighted by molar-refractivity contribution is -0.376. The maximum Gasteiger partial charge on any atom is 0.248 e. The van der Waals surface area contributed by atoms with Crippen LogP contribution in [0.15, 0.2) is 42.5 Å². The van der Waals surface area contributed by atoms with Crippen LogP contribution in [0.2, 0.25) is 0 Å². The number of anilines is 1. The van der Waals surface area contributed by atoms with E-state index in [0.717, 1.165) is 18.2 Å². The summed E-state index contributed by atoms with van der Waals surface area (Å²) in [6.45, 7) is -2.59. The van der Waals surface area contributed by atoms with Crippen molar-refractivity contribution >= 4 is 17.7 Å². The summed E-state index contributed by atoms with van der Waals surface area (Å²) in [7, 11) is 0. The summed E-state index contributed by atoms with van der Waals surface area (Å²) in [4.78, 5) is 12.5.